The van der Waals surface area contributed by atoms with Gasteiger partial charge < -0.3 is 9.47 Å². The summed E-state index contributed by atoms with van der Waals surface area (Å²) in [6, 6.07) is 11.3. The molecule has 0 bridgehead atoms. The predicted molar refractivity (Wildman–Crippen MR) is 127 cm³/mol. The summed E-state index contributed by atoms with van der Waals surface area (Å²) < 4.78 is 13.5. The molecule has 0 aromatic heterocycles. The van der Waals surface area contributed by atoms with Crippen molar-refractivity contribution in [3.63, 3.8) is 0 Å². The maximum atomic E-state index is 12.9. The van der Waals surface area contributed by atoms with Crippen molar-refractivity contribution in [1.82, 2.24) is 0 Å². The van der Waals surface area contributed by atoms with Crippen molar-refractivity contribution in [3.8, 4) is 11.5 Å². The van der Waals surface area contributed by atoms with Crippen molar-refractivity contribution in [1.29, 1.82) is 0 Å². The summed E-state index contributed by atoms with van der Waals surface area (Å²) in [5.41, 5.74) is 1.61. The number of benzene rings is 2. The first kappa shape index (κ1) is 20.6. The second-order valence-corrected chi connectivity index (χ2v) is 9.21. The van der Waals surface area contributed by atoms with Gasteiger partial charge in [-0.05, 0) is 77.6 Å². The Balaban J connectivity index is 1.95. The summed E-state index contributed by atoms with van der Waals surface area (Å²) in [5, 5.41) is 0. The van der Waals surface area contributed by atoms with Crippen molar-refractivity contribution in [2.45, 2.75) is 6.92 Å². The third-order valence-corrected chi connectivity index (χ3v) is 6.34. The zero-order chi connectivity index (χ0) is 19.6. The summed E-state index contributed by atoms with van der Waals surface area (Å²) in [6.07, 6.45) is 1.84. The highest BCUT2D eigenvalue weighted by atomic mass is 127. The third kappa shape index (κ3) is 4.49. The van der Waals surface area contributed by atoms with Crippen molar-refractivity contribution in [2.24, 2.45) is 0 Å². The molecule has 4 nitrogen and oxygen atoms in total. The molecule has 27 heavy (non-hydrogen) atoms. The van der Waals surface area contributed by atoms with Gasteiger partial charge in [-0.3, -0.25) is 9.69 Å². The first-order valence-corrected chi connectivity index (χ1v) is 11.1. The summed E-state index contributed by atoms with van der Waals surface area (Å²) >= 11 is 12.3. The van der Waals surface area contributed by atoms with E-state index < -0.39 is 0 Å². The molecule has 0 radical (unpaired) electrons. The largest absolute Gasteiger partial charge is 0.492 e. The number of methoxy groups -OCH3 is 1. The fraction of sp³-hybridized carbons (Fsp3) is 0.158. The van der Waals surface area contributed by atoms with E-state index in [0.29, 0.717) is 27.3 Å². The van der Waals surface area contributed by atoms with Gasteiger partial charge in [0, 0.05) is 4.47 Å². The minimum atomic E-state index is -0.129. The predicted octanol–water partition coefficient (Wildman–Crippen LogP) is 5.87. The minimum absolute atomic E-state index is 0.129. The minimum Gasteiger partial charge on any atom is -0.492 e. The standard InChI is InChI=1S/C19H15BrINO3S2/c1-3-25-15-9-11(8-14(21)17(15)24-2)10-16-18(23)22(19(26)27-16)13-6-4-12(20)5-7-13/h4-10H,3H2,1-2H3/b16-10+. The van der Waals surface area contributed by atoms with E-state index in [2.05, 4.69) is 38.5 Å². The highest BCUT2D eigenvalue weighted by Gasteiger charge is 2.33. The van der Waals surface area contributed by atoms with E-state index >= 15 is 0 Å². The Labute approximate surface area is 189 Å². The molecular formula is C19H15BrINO3S2. The van der Waals surface area contributed by atoms with Crippen LogP contribution in [0.25, 0.3) is 6.08 Å². The highest BCUT2D eigenvalue weighted by molar-refractivity contribution is 14.1. The molecule has 8 heteroatoms. The van der Waals surface area contributed by atoms with E-state index in [9.17, 15) is 4.79 Å². The van der Waals surface area contributed by atoms with E-state index in [0.717, 1.165) is 19.3 Å². The van der Waals surface area contributed by atoms with Crippen LogP contribution >= 0.6 is 62.5 Å². The number of hydrogen-bond acceptors (Lipinski definition) is 5. The highest BCUT2D eigenvalue weighted by Crippen LogP contribution is 2.39. The van der Waals surface area contributed by atoms with Crippen LogP contribution in [0.2, 0.25) is 0 Å². The van der Waals surface area contributed by atoms with Crippen LogP contribution in [0.1, 0.15) is 12.5 Å². The number of anilines is 1. The van der Waals surface area contributed by atoms with E-state index in [1.165, 1.54) is 11.8 Å². The van der Waals surface area contributed by atoms with Gasteiger partial charge >= 0.3 is 0 Å². The molecule has 1 aliphatic heterocycles. The number of rotatable bonds is 5. The normalized spacial score (nSPS) is 15.6. The number of amides is 1. The lowest BCUT2D eigenvalue weighted by Gasteiger charge is -2.14. The van der Waals surface area contributed by atoms with Gasteiger partial charge in [0.05, 0.1) is 27.9 Å². The van der Waals surface area contributed by atoms with Gasteiger partial charge in [-0.1, -0.05) is 39.9 Å². The monoisotopic (exact) mass is 575 g/mol. The molecule has 1 saturated heterocycles. The van der Waals surface area contributed by atoms with Gasteiger partial charge in [-0.2, -0.15) is 0 Å². The number of hydrogen-bond donors (Lipinski definition) is 0. The molecule has 3 rings (SSSR count). The number of ether oxygens (including phenoxy) is 2. The van der Waals surface area contributed by atoms with E-state index in [-0.39, 0.29) is 5.91 Å². The Morgan fingerprint density at radius 2 is 2.00 bits per heavy atom. The molecule has 1 aliphatic rings. The van der Waals surface area contributed by atoms with Crippen LogP contribution < -0.4 is 14.4 Å². The Kier molecular flexibility index (Phi) is 6.83. The number of carbonyl (C=O) groups excluding carboxylic acids is 1. The molecule has 1 amide bonds. The fourth-order valence-corrected chi connectivity index (χ4v) is 4.97. The van der Waals surface area contributed by atoms with Crippen LogP contribution in [0.5, 0.6) is 11.5 Å². The first-order chi connectivity index (χ1) is 12.9. The van der Waals surface area contributed by atoms with Crippen LogP contribution in [0.4, 0.5) is 5.69 Å². The average molecular weight is 576 g/mol. The quantitative estimate of drug-likeness (QED) is 0.253. The van der Waals surface area contributed by atoms with Crippen LogP contribution in [0.15, 0.2) is 45.8 Å². The second-order valence-electron chi connectivity index (χ2n) is 5.46. The number of thiocarbonyl (C=S) groups is 1. The topological polar surface area (TPSA) is 38.8 Å². The van der Waals surface area contributed by atoms with Gasteiger partial charge in [-0.25, -0.2) is 0 Å². The number of carbonyl (C=O) groups is 1. The van der Waals surface area contributed by atoms with Crippen molar-refractivity contribution < 1.29 is 14.3 Å². The van der Waals surface area contributed by atoms with Crippen LogP contribution in [-0.4, -0.2) is 23.9 Å². The van der Waals surface area contributed by atoms with Crippen LogP contribution in [0.3, 0.4) is 0 Å². The fourth-order valence-electron chi connectivity index (χ4n) is 2.56. The van der Waals surface area contributed by atoms with E-state index in [1.54, 1.807) is 12.0 Å². The van der Waals surface area contributed by atoms with Gasteiger partial charge in [0.2, 0.25) is 0 Å². The average Bonchev–Trinajstić information content (AvgIpc) is 2.90. The molecule has 0 aliphatic carbocycles. The van der Waals surface area contributed by atoms with Crippen LogP contribution in [0, 0.1) is 3.57 Å². The molecule has 0 spiro atoms. The summed E-state index contributed by atoms with van der Waals surface area (Å²) in [7, 11) is 1.61. The Hall–Kier alpha value is -1.10. The summed E-state index contributed by atoms with van der Waals surface area (Å²) in [6.45, 7) is 2.45. The lowest BCUT2D eigenvalue weighted by Crippen LogP contribution is -2.27. The molecular weight excluding hydrogens is 561 g/mol. The second kappa shape index (κ2) is 8.93. The molecule has 1 fully saturated rings. The van der Waals surface area contributed by atoms with E-state index in [1.807, 2.05) is 49.4 Å². The third-order valence-electron chi connectivity index (χ3n) is 3.71. The smallest absolute Gasteiger partial charge is 0.270 e. The van der Waals surface area contributed by atoms with Crippen molar-refractivity contribution in [2.75, 3.05) is 18.6 Å². The Bertz CT molecular complexity index is 931. The summed E-state index contributed by atoms with van der Waals surface area (Å²) in [4.78, 5) is 15.0. The Morgan fingerprint density at radius 1 is 1.30 bits per heavy atom. The molecule has 0 saturated carbocycles. The lowest BCUT2D eigenvalue weighted by atomic mass is 10.1. The molecule has 1 heterocycles. The zero-order valence-corrected chi connectivity index (χ0v) is 19.9. The lowest BCUT2D eigenvalue weighted by molar-refractivity contribution is -0.113. The number of halogens is 2. The SMILES string of the molecule is CCOc1cc(/C=C2/SC(=S)N(c3ccc(Br)cc3)C2=O)cc(I)c1OC. The van der Waals surface area contributed by atoms with Gasteiger partial charge in [0.15, 0.2) is 15.8 Å². The molecule has 0 N–H and O–H groups in total. The number of nitrogens with zero attached hydrogens (tertiary/aromatic N) is 1. The maximum absolute atomic E-state index is 12.9. The molecule has 2 aromatic rings. The first-order valence-electron chi connectivity index (χ1n) is 7.98. The molecule has 140 valence electrons. The van der Waals surface area contributed by atoms with Gasteiger partial charge in [-0.15, -0.1) is 0 Å². The van der Waals surface area contributed by atoms with Gasteiger partial charge in [0.1, 0.15) is 0 Å². The number of thioether (sulfide) groups is 1. The molecule has 0 unspecified atom stereocenters. The van der Waals surface area contributed by atoms with Crippen molar-refractivity contribution >= 4 is 84.5 Å². The van der Waals surface area contributed by atoms with Gasteiger partial charge in [0.25, 0.3) is 5.91 Å². The van der Waals surface area contributed by atoms with Crippen molar-refractivity contribution in [3.05, 3.63) is 54.9 Å². The summed E-state index contributed by atoms with van der Waals surface area (Å²) in [5.74, 6) is 1.22. The molecule has 2 aromatic carbocycles. The zero-order valence-electron chi connectivity index (χ0n) is 14.5. The molecule has 0 atom stereocenters. The van der Waals surface area contributed by atoms with E-state index in [4.69, 9.17) is 21.7 Å². The maximum Gasteiger partial charge on any atom is 0.270 e. The van der Waals surface area contributed by atoms with Crippen LogP contribution in [-0.2, 0) is 4.79 Å². The Morgan fingerprint density at radius 3 is 2.63 bits per heavy atom.